The van der Waals surface area contributed by atoms with Crippen LogP contribution in [0.4, 0.5) is 5.69 Å². The first-order chi connectivity index (χ1) is 14.8. The monoisotopic (exact) mass is 481 g/mol. The molecule has 1 aliphatic heterocycles. The third-order valence-electron chi connectivity index (χ3n) is 4.96. The average molecular weight is 482 g/mol. The Labute approximate surface area is 190 Å². The van der Waals surface area contributed by atoms with Gasteiger partial charge in [-0.2, -0.15) is 0 Å². The van der Waals surface area contributed by atoms with E-state index in [0.717, 1.165) is 18.7 Å². The lowest BCUT2D eigenvalue weighted by Crippen LogP contribution is -2.29. The molecule has 0 radical (unpaired) electrons. The fraction of sp³-hybridized carbons (Fsp3) is 0.300. The van der Waals surface area contributed by atoms with Crippen LogP contribution in [-0.2, 0) is 23.0 Å². The van der Waals surface area contributed by atoms with Crippen molar-refractivity contribution in [1.29, 1.82) is 0 Å². The third-order valence-corrected chi connectivity index (χ3v) is 7.22. The lowest BCUT2D eigenvalue weighted by molar-refractivity contribution is 0.408. The zero-order valence-corrected chi connectivity index (χ0v) is 19.2. The number of nitrogens with one attached hydrogen (secondary N) is 2. The number of nitrogens with zero attached hydrogens (tertiary/aromatic N) is 3. The van der Waals surface area contributed by atoms with E-state index in [-0.39, 0.29) is 21.0 Å². The van der Waals surface area contributed by atoms with E-state index in [2.05, 4.69) is 20.2 Å². The van der Waals surface area contributed by atoms with E-state index in [1.165, 1.54) is 23.8 Å². The number of aromatic nitrogens is 3. The van der Waals surface area contributed by atoms with Gasteiger partial charge >= 0.3 is 6.01 Å². The highest BCUT2D eigenvalue weighted by atomic mass is 35.5. The molecule has 0 saturated carbocycles. The zero-order valence-electron chi connectivity index (χ0n) is 16.9. The van der Waals surface area contributed by atoms with Crippen LogP contribution in [-0.4, -0.2) is 29.7 Å². The molecule has 0 fully saturated rings. The number of ether oxygens (including phenoxy) is 1. The van der Waals surface area contributed by atoms with E-state index in [1.807, 2.05) is 25.1 Å². The van der Waals surface area contributed by atoms with Gasteiger partial charge in [-0.15, -0.1) is 5.10 Å². The molecule has 164 valence electrons. The van der Waals surface area contributed by atoms with Crippen LogP contribution in [0.2, 0.25) is 10.0 Å². The molecular weight excluding hydrogens is 461 g/mol. The second-order valence-corrected chi connectivity index (χ2v) is 9.63. The van der Waals surface area contributed by atoms with Crippen molar-refractivity contribution in [3.05, 3.63) is 57.8 Å². The summed E-state index contributed by atoms with van der Waals surface area (Å²) >= 11 is 12.0. The molecule has 0 unspecified atom stereocenters. The summed E-state index contributed by atoms with van der Waals surface area (Å²) in [5, 5.41) is 11.9. The van der Waals surface area contributed by atoms with Crippen LogP contribution < -0.4 is 14.8 Å². The van der Waals surface area contributed by atoms with Crippen molar-refractivity contribution in [2.24, 2.45) is 0 Å². The number of rotatable bonds is 7. The zero-order chi connectivity index (χ0) is 22.2. The van der Waals surface area contributed by atoms with Crippen LogP contribution in [0.1, 0.15) is 31.3 Å². The molecule has 0 bridgehead atoms. The SMILES string of the molecule is CCn1c(Oc2ccc3c(c2)NCC3)nnc1[C@@H](C)NS(=O)(=O)c1cc(Cl)ccc1Cl. The van der Waals surface area contributed by atoms with Gasteiger partial charge in [0.1, 0.15) is 10.6 Å². The van der Waals surface area contributed by atoms with Gasteiger partial charge in [0.05, 0.1) is 11.1 Å². The summed E-state index contributed by atoms with van der Waals surface area (Å²) in [5.41, 5.74) is 2.28. The van der Waals surface area contributed by atoms with Crippen LogP contribution in [0.25, 0.3) is 0 Å². The number of benzene rings is 2. The highest BCUT2D eigenvalue weighted by Crippen LogP contribution is 2.31. The van der Waals surface area contributed by atoms with Gasteiger partial charge in [0.25, 0.3) is 0 Å². The molecule has 0 spiro atoms. The van der Waals surface area contributed by atoms with Crippen molar-refractivity contribution in [2.75, 3.05) is 11.9 Å². The van der Waals surface area contributed by atoms with Crippen molar-refractivity contribution < 1.29 is 13.2 Å². The second-order valence-electron chi connectivity index (χ2n) is 7.10. The maximum Gasteiger partial charge on any atom is 0.322 e. The van der Waals surface area contributed by atoms with Crippen LogP contribution >= 0.6 is 23.2 Å². The highest BCUT2D eigenvalue weighted by molar-refractivity contribution is 7.89. The normalized spacial score (nSPS) is 14.2. The van der Waals surface area contributed by atoms with E-state index in [9.17, 15) is 8.42 Å². The molecule has 1 aliphatic rings. The van der Waals surface area contributed by atoms with Gasteiger partial charge in [0, 0.05) is 29.9 Å². The summed E-state index contributed by atoms with van der Waals surface area (Å²) in [7, 11) is -3.94. The minimum Gasteiger partial charge on any atom is -0.424 e. The quantitative estimate of drug-likeness (QED) is 0.518. The summed E-state index contributed by atoms with van der Waals surface area (Å²) < 4.78 is 35.9. The predicted molar refractivity (Wildman–Crippen MR) is 120 cm³/mol. The van der Waals surface area contributed by atoms with E-state index < -0.39 is 16.1 Å². The summed E-state index contributed by atoms with van der Waals surface area (Å²) in [6.07, 6.45) is 0.985. The minimum absolute atomic E-state index is 0.0790. The fourth-order valence-corrected chi connectivity index (χ4v) is 5.43. The molecule has 31 heavy (non-hydrogen) atoms. The summed E-state index contributed by atoms with van der Waals surface area (Å²) in [4.78, 5) is -0.0989. The van der Waals surface area contributed by atoms with Gasteiger partial charge in [-0.25, -0.2) is 13.1 Å². The molecule has 8 nitrogen and oxygen atoms in total. The second kappa shape index (κ2) is 8.66. The molecule has 4 rings (SSSR count). The Bertz CT molecular complexity index is 1230. The fourth-order valence-electron chi connectivity index (χ4n) is 3.46. The van der Waals surface area contributed by atoms with E-state index in [4.69, 9.17) is 27.9 Å². The first-order valence-corrected chi connectivity index (χ1v) is 12.0. The summed E-state index contributed by atoms with van der Waals surface area (Å²) in [6, 6.07) is 9.68. The van der Waals surface area contributed by atoms with Crippen LogP contribution in [0.5, 0.6) is 11.8 Å². The number of hydrogen-bond acceptors (Lipinski definition) is 6. The molecule has 0 saturated heterocycles. The number of anilines is 1. The topological polar surface area (TPSA) is 98.1 Å². The van der Waals surface area contributed by atoms with Gasteiger partial charge in [0.2, 0.25) is 10.0 Å². The third kappa shape index (κ3) is 4.50. The first kappa shape index (κ1) is 21.9. The Kier molecular flexibility index (Phi) is 6.11. The Morgan fingerprint density at radius 2 is 2.03 bits per heavy atom. The van der Waals surface area contributed by atoms with E-state index in [1.54, 1.807) is 11.5 Å². The Hall–Kier alpha value is -2.33. The van der Waals surface area contributed by atoms with E-state index in [0.29, 0.717) is 18.1 Å². The maximum atomic E-state index is 12.8. The number of sulfonamides is 1. The van der Waals surface area contributed by atoms with Gasteiger partial charge in [-0.1, -0.05) is 34.4 Å². The molecule has 1 atom stereocenters. The highest BCUT2D eigenvalue weighted by Gasteiger charge is 2.26. The standard InChI is InChI=1S/C20H21Cl2N5O3S/c1-3-27-19(12(2)26-31(28,29)18-10-14(21)5-7-16(18)22)24-25-20(27)30-15-6-4-13-8-9-23-17(13)11-15/h4-7,10-12,23,26H,3,8-9H2,1-2H3/t12-/m1/s1. The number of hydrogen-bond donors (Lipinski definition) is 2. The molecule has 11 heteroatoms. The van der Waals surface area contributed by atoms with Gasteiger partial charge < -0.3 is 10.1 Å². The van der Waals surface area contributed by atoms with Crippen molar-refractivity contribution in [1.82, 2.24) is 19.5 Å². The Balaban J connectivity index is 1.57. The lowest BCUT2D eigenvalue weighted by Gasteiger charge is -2.16. The molecule has 2 aromatic carbocycles. The van der Waals surface area contributed by atoms with Crippen LogP contribution in [0.15, 0.2) is 41.3 Å². The van der Waals surface area contributed by atoms with Gasteiger partial charge in [-0.05, 0) is 50.1 Å². The molecule has 0 amide bonds. The van der Waals surface area contributed by atoms with Crippen molar-refractivity contribution in [3.8, 4) is 11.8 Å². The van der Waals surface area contributed by atoms with Crippen molar-refractivity contribution >= 4 is 38.9 Å². The largest absolute Gasteiger partial charge is 0.424 e. The van der Waals surface area contributed by atoms with Crippen molar-refractivity contribution in [2.45, 2.75) is 37.8 Å². The van der Waals surface area contributed by atoms with E-state index >= 15 is 0 Å². The van der Waals surface area contributed by atoms with Crippen molar-refractivity contribution in [3.63, 3.8) is 0 Å². The first-order valence-electron chi connectivity index (χ1n) is 9.73. The molecule has 2 N–H and O–H groups in total. The number of halogens is 2. The Morgan fingerprint density at radius 3 is 2.81 bits per heavy atom. The molecule has 0 aliphatic carbocycles. The predicted octanol–water partition coefficient (Wildman–Crippen LogP) is 4.40. The average Bonchev–Trinajstić information content (AvgIpc) is 3.35. The maximum absolute atomic E-state index is 12.8. The minimum atomic E-state index is -3.94. The molecule has 1 aromatic heterocycles. The molecular formula is C20H21Cl2N5O3S. The van der Waals surface area contributed by atoms with Crippen LogP contribution in [0, 0.1) is 0 Å². The number of fused-ring (bicyclic) bond motifs is 1. The lowest BCUT2D eigenvalue weighted by atomic mass is 10.2. The smallest absolute Gasteiger partial charge is 0.322 e. The van der Waals surface area contributed by atoms with Crippen LogP contribution in [0.3, 0.4) is 0 Å². The molecule has 3 aromatic rings. The van der Waals surface area contributed by atoms with Gasteiger partial charge in [0.15, 0.2) is 5.82 Å². The summed E-state index contributed by atoms with van der Waals surface area (Å²) in [5.74, 6) is 1.04. The Morgan fingerprint density at radius 1 is 1.23 bits per heavy atom. The summed E-state index contributed by atoms with van der Waals surface area (Å²) in [6.45, 7) is 4.97. The molecule has 2 heterocycles. The van der Waals surface area contributed by atoms with Gasteiger partial charge in [-0.3, -0.25) is 4.57 Å².